The zero-order valence-corrected chi connectivity index (χ0v) is 14.7. The molecule has 0 bridgehead atoms. The summed E-state index contributed by atoms with van der Waals surface area (Å²) in [5.41, 5.74) is 4.72. The molecule has 2 aromatic rings. The maximum atomic E-state index is 4.61. The SMILES string of the molecule is CCNC(=NCc1ccnn1C)NCCc1c(C)nn(C)c1C. The van der Waals surface area contributed by atoms with E-state index in [-0.39, 0.29) is 0 Å². The Morgan fingerprint density at radius 1 is 1.22 bits per heavy atom. The van der Waals surface area contributed by atoms with E-state index in [0.717, 1.165) is 36.9 Å². The van der Waals surface area contributed by atoms with Gasteiger partial charge < -0.3 is 10.6 Å². The summed E-state index contributed by atoms with van der Waals surface area (Å²) in [5, 5.41) is 15.3. The minimum absolute atomic E-state index is 0.608. The molecule has 0 aliphatic carbocycles. The standard InChI is InChI=1S/C16H27N7/c1-6-17-16(19-11-14-7-10-20-23(14)5)18-9-8-15-12(2)21-22(4)13(15)3/h7,10H,6,8-9,11H2,1-5H3,(H2,17,18,19). The van der Waals surface area contributed by atoms with Crippen LogP contribution in [0, 0.1) is 13.8 Å². The molecule has 0 amide bonds. The van der Waals surface area contributed by atoms with Crippen molar-refractivity contribution in [1.82, 2.24) is 30.2 Å². The number of nitrogens with zero attached hydrogens (tertiary/aromatic N) is 5. The number of nitrogens with one attached hydrogen (secondary N) is 2. The zero-order valence-electron chi connectivity index (χ0n) is 14.7. The van der Waals surface area contributed by atoms with Crippen LogP contribution in [0.3, 0.4) is 0 Å². The van der Waals surface area contributed by atoms with E-state index in [1.165, 1.54) is 11.3 Å². The van der Waals surface area contributed by atoms with Crippen LogP contribution < -0.4 is 10.6 Å². The number of aliphatic imine (C=N–C) groups is 1. The Bertz CT molecular complexity index is 666. The third-order valence-electron chi connectivity index (χ3n) is 3.99. The van der Waals surface area contributed by atoms with Gasteiger partial charge in [0, 0.05) is 39.1 Å². The summed E-state index contributed by atoms with van der Waals surface area (Å²) >= 11 is 0. The molecule has 0 saturated heterocycles. The molecule has 0 saturated carbocycles. The monoisotopic (exact) mass is 317 g/mol. The highest BCUT2D eigenvalue weighted by atomic mass is 15.3. The van der Waals surface area contributed by atoms with Gasteiger partial charge in [0.15, 0.2) is 5.96 Å². The van der Waals surface area contributed by atoms with Crippen molar-refractivity contribution in [2.24, 2.45) is 19.1 Å². The van der Waals surface area contributed by atoms with Gasteiger partial charge in [0.1, 0.15) is 0 Å². The average molecular weight is 317 g/mol. The van der Waals surface area contributed by atoms with Crippen molar-refractivity contribution >= 4 is 5.96 Å². The molecule has 0 atom stereocenters. The maximum Gasteiger partial charge on any atom is 0.191 e. The Morgan fingerprint density at radius 3 is 2.57 bits per heavy atom. The van der Waals surface area contributed by atoms with E-state index in [2.05, 4.69) is 46.6 Å². The van der Waals surface area contributed by atoms with Gasteiger partial charge in [0.05, 0.1) is 17.9 Å². The summed E-state index contributed by atoms with van der Waals surface area (Å²) in [5.74, 6) is 0.827. The fraction of sp³-hybridized carbons (Fsp3) is 0.562. The van der Waals surface area contributed by atoms with Crippen LogP contribution in [0.2, 0.25) is 0 Å². The minimum Gasteiger partial charge on any atom is -0.357 e. The van der Waals surface area contributed by atoms with Crippen molar-refractivity contribution in [3.8, 4) is 0 Å². The molecule has 0 aliphatic rings. The second-order valence-corrected chi connectivity index (χ2v) is 5.59. The molecule has 0 aromatic carbocycles. The van der Waals surface area contributed by atoms with Gasteiger partial charge >= 0.3 is 0 Å². The lowest BCUT2D eigenvalue weighted by Crippen LogP contribution is -2.38. The molecule has 0 spiro atoms. The van der Waals surface area contributed by atoms with Crippen LogP contribution in [0.1, 0.15) is 29.6 Å². The van der Waals surface area contributed by atoms with Crippen LogP contribution in [-0.2, 0) is 27.1 Å². The van der Waals surface area contributed by atoms with Crippen LogP contribution in [0.25, 0.3) is 0 Å². The Morgan fingerprint density at radius 2 is 2.00 bits per heavy atom. The number of aromatic nitrogens is 4. The summed E-state index contributed by atoms with van der Waals surface area (Å²) in [7, 11) is 3.91. The summed E-state index contributed by atoms with van der Waals surface area (Å²) in [6, 6.07) is 1.98. The first-order valence-electron chi connectivity index (χ1n) is 8.01. The molecule has 0 radical (unpaired) electrons. The number of guanidine groups is 1. The summed E-state index contributed by atoms with van der Waals surface area (Å²) in [6.07, 6.45) is 2.72. The van der Waals surface area contributed by atoms with Crippen molar-refractivity contribution in [1.29, 1.82) is 0 Å². The fourth-order valence-electron chi connectivity index (χ4n) is 2.54. The molecule has 7 heteroatoms. The number of hydrogen-bond donors (Lipinski definition) is 2. The quantitative estimate of drug-likeness (QED) is 0.617. The lowest BCUT2D eigenvalue weighted by Gasteiger charge is -2.11. The van der Waals surface area contributed by atoms with E-state index in [1.54, 1.807) is 6.20 Å². The predicted octanol–water partition coefficient (Wildman–Crippen LogP) is 1.07. The highest BCUT2D eigenvalue weighted by Crippen LogP contribution is 2.11. The number of hydrogen-bond acceptors (Lipinski definition) is 3. The molecule has 2 heterocycles. The van der Waals surface area contributed by atoms with Crippen LogP contribution in [0.5, 0.6) is 0 Å². The van der Waals surface area contributed by atoms with Crippen molar-refractivity contribution in [2.75, 3.05) is 13.1 Å². The van der Waals surface area contributed by atoms with Gasteiger partial charge in [-0.2, -0.15) is 10.2 Å². The first-order chi connectivity index (χ1) is 11.0. The lowest BCUT2D eigenvalue weighted by atomic mass is 10.1. The van der Waals surface area contributed by atoms with E-state index >= 15 is 0 Å². The average Bonchev–Trinajstić information content (AvgIpc) is 3.02. The molecule has 23 heavy (non-hydrogen) atoms. The summed E-state index contributed by atoms with van der Waals surface area (Å²) < 4.78 is 3.78. The molecule has 2 N–H and O–H groups in total. The van der Waals surface area contributed by atoms with Gasteiger partial charge in [0.2, 0.25) is 0 Å². The highest BCUT2D eigenvalue weighted by Gasteiger charge is 2.09. The molecule has 0 aliphatic heterocycles. The summed E-state index contributed by atoms with van der Waals surface area (Å²) in [6.45, 7) is 8.50. The van der Waals surface area contributed by atoms with Gasteiger partial charge in [-0.3, -0.25) is 9.36 Å². The Kier molecular flexibility index (Phi) is 5.78. The second kappa shape index (κ2) is 7.80. The summed E-state index contributed by atoms with van der Waals surface area (Å²) in [4.78, 5) is 4.61. The molecular formula is C16H27N7. The van der Waals surface area contributed by atoms with Crippen LogP contribution >= 0.6 is 0 Å². The Labute approximate surface area is 137 Å². The number of rotatable bonds is 6. The van der Waals surface area contributed by atoms with Crippen molar-refractivity contribution < 1.29 is 0 Å². The van der Waals surface area contributed by atoms with E-state index in [4.69, 9.17) is 0 Å². The third kappa shape index (κ3) is 4.34. The molecule has 2 aromatic heterocycles. The van der Waals surface area contributed by atoms with Crippen molar-refractivity contribution in [3.05, 3.63) is 34.9 Å². The molecule has 0 fully saturated rings. The van der Waals surface area contributed by atoms with Crippen molar-refractivity contribution in [3.63, 3.8) is 0 Å². The Balaban J connectivity index is 1.93. The topological polar surface area (TPSA) is 72.1 Å². The first kappa shape index (κ1) is 17.1. The molecule has 126 valence electrons. The Hall–Kier alpha value is -2.31. The van der Waals surface area contributed by atoms with E-state index < -0.39 is 0 Å². The highest BCUT2D eigenvalue weighted by molar-refractivity contribution is 5.79. The minimum atomic E-state index is 0.608. The van der Waals surface area contributed by atoms with E-state index in [1.807, 2.05) is 29.5 Å². The zero-order chi connectivity index (χ0) is 16.8. The predicted molar refractivity (Wildman–Crippen MR) is 92.4 cm³/mol. The van der Waals surface area contributed by atoms with E-state index in [9.17, 15) is 0 Å². The van der Waals surface area contributed by atoms with Gasteiger partial charge in [-0.25, -0.2) is 4.99 Å². The molecule has 0 unspecified atom stereocenters. The second-order valence-electron chi connectivity index (χ2n) is 5.59. The molecule has 7 nitrogen and oxygen atoms in total. The smallest absolute Gasteiger partial charge is 0.191 e. The largest absolute Gasteiger partial charge is 0.357 e. The van der Waals surface area contributed by atoms with Gasteiger partial charge in [0.25, 0.3) is 0 Å². The molecule has 2 rings (SSSR count). The van der Waals surface area contributed by atoms with E-state index in [0.29, 0.717) is 6.54 Å². The molecular weight excluding hydrogens is 290 g/mol. The van der Waals surface area contributed by atoms with Gasteiger partial charge in [-0.15, -0.1) is 0 Å². The lowest BCUT2D eigenvalue weighted by molar-refractivity contribution is 0.706. The van der Waals surface area contributed by atoms with Gasteiger partial charge in [-0.05, 0) is 38.8 Å². The van der Waals surface area contributed by atoms with Crippen LogP contribution in [0.15, 0.2) is 17.3 Å². The number of aryl methyl sites for hydroxylation is 3. The maximum absolute atomic E-state index is 4.61. The van der Waals surface area contributed by atoms with Gasteiger partial charge in [-0.1, -0.05) is 0 Å². The van der Waals surface area contributed by atoms with Crippen molar-refractivity contribution in [2.45, 2.75) is 33.7 Å². The normalized spacial score (nSPS) is 11.8. The third-order valence-corrected chi connectivity index (χ3v) is 3.99. The first-order valence-corrected chi connectivity index (χ1v) is 8.01. The fourth-order valence-corrected chi connectivity index (χ4v) is 2.54. The van der Waals surface area contributed by atoms with Crippen LogP contribution in [0.4, 0.5) is 0 Å². The van der Waals surface area contributed by atoms with Crippen LogP contribution in [-0.4, -0.2) is 38.6 Å².